The van der Waals surface area contributed by atoms with Gasteiger partial charge in [-0.25, -0.2) is 4.79 Å². The molecule has 3 amide bonds. The first-order valence-electron chi connectivity index (χ1n) is 14.0. The number of rotatable bonds is 13. The van der Waals surface area contributed by atoms with Crippen molar-refractivity contribution >= 4 is 29.3 Å². The molecule has 0 unspecified atom stereocenters. The van der Waals surface area contributed by atoms with Gasteiger partial charge in [0.2, 0.25) is 5.91 Å². The quantitative estimate of drug-likeness (QED) is 0.126. The van der Waals surface area contributed by atoms with E-state index in [-0.39, 0.29) is 12.5 Å². The van der Waals surface area contributed by atoms with E-state index < -0.39 is 18.0 Å². The van der Waals surface area contributed by atoms with Gasteiger partial charge in [-0.3, -0.25) is 9.59 Å². The standard InChI is InChI=1S/C34H36N4O4/c35-29-21-28(32(39)36-20-10-17-25-11-4-1-5-12-25)22-30(23-29)37-33(40)31(19-18-26-13-6-2-7-14-26)38-34(41)42-24-27-15-8-3-9-16-27/h1-9,11-16,21-23,31H,10,17-20,24,35H2,(H,36,39)(H,37,40)(H,38,41)/t31-/m0/s1. The second-order valence-electron chi connectivity index (χ2n) is 9.96. The summed E-state index contributed by atoms with van der Waals surface area (Å²) < 4.78 is 5.35. The highest BCUT2D eigenvalue weighted by Gasteiger charge is 2.22. The Morgan fingerprint density at radius 2 is 1.33 bits per heavy atom. The SMILES string of the molecule is Nc1cc(NC(=O)[C@H](CCc2ccccc2)NC(=O)OCc2ccccc2)cc(C(=O)NCCCc2ccccc2)c1. The monoisotopic (exact) mass is 564 g/mol. The average Bonchev–Trinajstić information content (AvgIpc) is 3.01. The first-order valence-corrected chi connectivity index (χ1v) is 14.0. The van der Waals surface area contributed by atoms with Crippen molar-refractivity contribution in [3.63, 3.8) is 0 Å². The van der Waals surface area contributed by atoms with Crippen LogP contribution in [0.4, 0.5) is 16.2 Å². The van der Waals surface area contributed by atoms with Crippen LogP contribution >= 0.6 is 0 Å². The Balaban J connectivity index is 1.36. The number of amides is 3. The van der Waals surface area contributed by atoms with E-state index in [0.717, 1.165) is 24.0 Å². The Bertz CT molecular complexity index is 1450. The molecular weight excluding hydrogens is 528 g/mol. The predicted molar refractivity (Wildman–Crippen MR) is 165 cm³/mol. The Morgan fingerprint density at radius 1 is 0.738 bits per heavy atom. The molecule has 0 spiro atoms. The van der Waals surface area contributed by atoms with E-state index in [1.807, 2.05) is 78.9 Å². The Morgan fingerprint density at radius 3 is 1.98 bits per heavy atom. The van der Waals surface area contributed by atoms with Gasteiger partial charge in [-0.2, -0.15) is 0 Å². The minimum Gasteiger partial charge on any atom is -0.445 e. The highest BCUT2D eigenvalue weighted by atomic mass is 16.5. The molecule has 8 nitrogen and oxygen atoms in total. The molecule has 0 saturated carbocycles. The summed E-state index contributed by atoms with van der Waals surface area (Å²) in [7, 11) is 0. The molecule has 0 aliphatic heterocycles. The van der Waals surface area contributed by atoms with Crippen LogP contribution in [0.2, 0.25) is 0 Å². The van der Waals surface area contributed by atoms with Crippen LogP contribution in [0.5, 0.6) is 0 Å². The summed E-state index contributed by atoms with van der Waals surface area (Å²) in [6.45, 7) is 0.583. The number of carbonyl (C=O) groups is 3. The summed E-state index contributed by atoms with van der Waals surface area (Å²) in [5.74, 6) is -0.725. The van der Waals surface area contributed by atoms with Gasteiger partial charge in [-0.15, -0.1) is 0 Å². The number of nitrogens with one attached hydrogen (secondary N) is 3. The summed E-state index contributed by atoms with van der Waals surface area (Å²) in [5.41, 5.74) is 10.2. The van der Waals surface area contributed by atoms with Gasteiger partial charge in [0.1, 0.15) is 12.6 Å². The van der Waals surface area contributed by atoms with E-state index in [1.165, 1.54) is 5.56 Å². The molecule has 42 heavy (non-hydrogen) atoms. The first kappa shape index (κ1) is 29.9. The van der Waals surface area contributed by atoms with E-state index >= 15 is 0 Å². The highest BCUT2D eigenvalue weighted by molar-refractivity contribution is 6.00. The molecule has 5 N–H and O–H groups in total. The van der Waals surface area contributed by atoms with Crippen LogP contribution in [0.1, 0.15) is 39.9 Å². The molecule has 4 aromatic carbocycles. The summed E-state index contributed by atoms with van der Waals surface area (Å²) in [4.78, 5) is 38.8. The molecule has 0 radical (unpaired) electrons. The van der Waals surface area contributed by atoms with Crippen molar-refractivity contribution in [3.05, 3.63) is 131 Å². The maximum atomic E-state index is 13.4. The van der Waals surface area contributed by atoms with E-state index in [0.29, 0.717) is 36.3 Å². The van der Waals surface area contributed by atoms with E-state index in [1.54, 1.807) is 18.2 Å². The number of alkyl carbamates (subject to hydrolysis) is 1. The zero-order valence-electron chi connectivity index (χ0n) is 23.4. The fourth-order valence-corrected chi connectivity index (χ4v) is 4.46. The average molecular weight is 565 g/mol. The lowest BCUT2D eigenvalue weighted by Gasteiger charge is -2.19. The Labute approximate surface area is 246 Å². The van der Waals surface area contributed by atoms with Gasteiger partial charge in [0.05, 0.1) is 0 Å². The maximum absolute atomic E-state index is 13.4. The number of hydrogen-bond donors (Lipinski definition) is 4. The molecule has 0 aromatic heterocycles. The van der Waals surface area contributed by atoms with Crippen LogP contribution in [0.15, 0.2) is 109 Å². The van der Waals surface area contributed by atoms with Crippen molar-refractivity contribution in [2.75, 3.05) is 17.6 Å². The number of nitrogens with two attached hydrogens (primary N) is 1. The topological polar surface area (TPSA) is 123 Å². The van der Waals surface area contributed by atoms with Gasteiger partial charge >= 0.3 is 6.09 Å². The summed E-state index contributed by atoms with van der Waals surface area (Å²) in [5, 5.41) is 8.42. The molecule has 0 aliphatic carbocycles. The Kier molecular flexibility index (Phi) is 11.1. The van der Waals surface area contributed by atoms with Crippen molar-refractivity contribution in [2.45, 2.75) is 38.3 Å². The van der Waals surface area contributed by atoms with Crippen LogP contribution in [-0.2, 0) is 29.0 Å². The minimum atomic E-state index is -0.884. The van der Waals surface area contributed by atoms with Crippen LogP contribution in [0.3, 0.4) is 0 Å². The Hall–Kier alpha value is -5.11. The zero-order chi connectivity index (χ0) is 29.6. The second-order valence-corrected chi connectivity index (χ2v) is 9.96. The molecule has 4 rings (SSSR count). The van der Waals surface area contributed by atoms with Crippen LogP contribution < -0.4 is 21.7 Å². The van der Waals surface area contributed by atoms with Crippen molar-refractivity contribution in [1.82, 2.24) is 10.6 Å². The molecule has 8 heteroatoms. The van der Waals surface area contributed by atoms with Crippen molar-refractivity contribution in [1.29, 1.82) is 0 Å². The molecular formula is C34H36N4O4. The lowest BCUT2D eigenvalue weighted by molar-refractivity contribution is -0.118. The second kappa shape index (κ2) is 15.6. The van der Waals surface area contributed by atoms with Crippen molar-refractivity contribution in [2.24, 2.45) is 0 Å². The summed E-state index contributed by atoms with van der Waals surface area (Å²) in [6.07, 6.45) is 1.84. The van der Waals surface area contributed by atoms with Crippen molar-refractivity contribution < 1.29 is 19.1 Å². The number of hydrogen-bond acceptors (Lipinski definition) is 5. The van der Waals surface area contributed by atoms with Gasteiger partial charge in [0.15, 0.2) is 0 Å². The number of carbonyl (C=O) groups excluding carboxylic acids is 3. The van der Waals surface area contributed by atoms with Gasteiger partial charge in [-0.1, -0.05) is 91.0 Å². The number of nitrogen functional groups attached to an aromatic ring is 1. The van der Waals surface area contributed by atoms with Gasteiger partial charge < -0.3 is 26.4 Å². The van der Waals surface area contributed by atoms with E-state index in [2.05, 4.69) is 28.1 Å². The highest BCUT2D eigenvalue weighted by Crippen LogP contribution is 2.18. The predicted octanol–water partition coefficient (Wildman–Crippen LogP) is 5.50. The van der Waals surface area contributed by atoms with Gasteiger partial charge in [0, 0.05) is 23.5 Å². The molecule has 0 saturated heterocycles. The van der Waals surface area contributed by atoms with Crippen LogP contribution in [0.25, 0.3) is 0 Å². The molecule has 0 heterocycles. The largest absolute Gasteiger partial charge is 0.445 e. The van der Waals surface area contributed by atoms with Crippen molar-refractivity contribution in [3.8, 4) is 0 Å². The molecule has 1 atom stereocenters. The summed E-state index contributed by atoms with van der Waals surface area (Å²) >= 11 is 0. The maximum Gasteiger partial charge on any atom is 0.408 e. The molecule has 0 aliphatic rings. The van der Waals surface area contributed by atoms with E-state index in [4.69, 9.17) is 10.5 Å². The molecule has 4 aromatic rings. The lowest BCUT2D eigenvalue weighted by Crippen LogP contribution is -2.44. The number of ether oxygens (including phenoxy) is 1. The zero-order valence-corrected chi connectivity index (χ0v) is 23.4. The third-order valence-electron chi connectivity index (χ3n) is 6.64. The third kappa shape index (κ3) is 9.82. The number of aryl methyl sites for hydroxylation is 2. The molecule has 0 bridgehead atoms. The number of anilines is 2. The van der Waals surface area contributed by atoms with E-state index in [9.17, 15) is 14.4 Å². The minimum absolute atomic E-state index is 0.0821. The van der Waals surface area contributed by atoms with Gasteiger partial charge in [-0.05, 0) is 60.6 Å². The normalized spacial score (nSPS) is 11.2. The smallest absolute Gasteiger partial charge is 0.408 e. The summed E-state index contributed by atoms with van der Waals surface area (Å²) in [6, 6.07) is 32.9. The number of benzene rings is 4. The third-order valence-corrected chi connectivity index (χ3v) is 6.64. The molecule has 0 fully saturated rings. The van der Waals surface area contributed by atoms with Crippen LogP contribution in [0, 0.1) is 0 Å². The fourth-order valence-electron chi connectivity index (χ4n) is 4.46. The first-order chi connectivity index (χ1) is 20.5. The molecule has 216 valence electrons. The fraction of sp³-hybridized carbons (Fsp3) is 0.206. The lowest BCUT2D eigenvalue weighted by atomic mass is 10.0. The van der Waals surface area contributed by atoms with Gasteiger partial charge in [0.25, 0.3) is 5.91 Å². The van der Waals surface area contributed by atoms with Crippen LogP contribution in [-0.4, -0.2) is 30.5 Å².